The molecule has 0 bridgehead atoms. The zero-order valence-electron chi connectivity index (χ0n) is 24.4. The Morgan fingerprint density at radius 2 is 1.74 bits per heavy atom. The van der Waals surface area contributed by atoms with Crippen LogP contribution in [-0.4, -0.2) is 40.3 Å². The molecule has 1 aliphatic rings. The summed E-state index contributed by atoms with van der Waals surface area (Å²) in [6.45, 7) is 13.9. The van der Waals surface area contributed by atoms with Crippen LogP contribution < -0.4 is 16.0 Å². The topological polar surface area (TPSA) is 93.6 Å². The Hall–Kier alpha value is -3.81. The third-order valence-electron chi connectivity index (χ3n) is 7.47. The number of fused-ring (bicyclic) bond motifs is 1. The monoisotopic (exact) mass is 533 g/mol. The predicted molar refractivity (Wildman–Crippen MR) is 153 cm³/mol. The number of amides is 1. The number of carbonyl (C=O) groups excluding carboxylic acids is 1. The van der Waals surface area contributed by atoms with Crippen molar-refractivity contribution >= 4 is 6.09 Å². The van der Waals surface area contributed by atoms with Gasteiger partial charge in [-0.25, -0.2) is 9.59 Å². The van der Waals surface area contributed by atoms with Crippen molar-refractivity contribution in [1.82, 2.24) is 14.5 Å². The maximum absolute atomic E-state index is 12.9. The number of benzene rings is 2. The number of hydrogen-bond donors (Lipinski definition) is 1. The van der Waals surface area contributed by atoms with Crippen LogP contribution in [0.2, 0.25) is 0 Å². The van der Waals surface area contributed by atoms with Gasteiger partial charge in [0.15, 0.2) is 0 Å². The molecule has 1 heterocycles. The van der Waals surface area contributed by atoms with Gasteiger partial charge in [0.2, 0.25) is 0 Å². The molecule has 3 aromatic rings. The van der Waals surface area contributed by atoms with Crippen LogP contribution >= 0.6 is 0 Å². The molecule has 1 aromatic heterocycles. The number of H-pyrrole nitrogens is 1. The summed E-state index contributed by atoms with van der Waals surface area (Å²) in [5, 5.41) is 0. The predicted octanol–water partition coefficient (Wildman–Crippen LogP) is 5.53. The van der Waals surface area contributed by atoms with Crippen LogP contribution in [0.5, 0.6) is 5.75 Å². The highest BCUT2D eigenvalue weighted by Gasteiger charge is 2.41. The zero-order chi connectivity index (χ0) is 28.9. The number of nitrogens with one attached hydrogen (secondary N) is 1. The highest BCUT2D eigenvalue weighted by Crippen LogP contribution is 2.45. The Morgan fingerprint density at radius 3 is 2.33 bits per heavy atom. The van der Waals surface area contributed by atoms with Crippen molar-refractivity contribution in [3.8, 4) is 22.6 Å². The van der Waals surface area contributed by atoms with Crippen molar-refractivity contribution in [1.29, 1.82) is 0 Å². The van der Waals surface area contributed by atoms with Crippen LogP contribution in [0.4, 0.5) is 4.79 Å². The van der Waals surface area contributed by atoms with Gasteiger partial charge in [0.05, 0.1) is 18.3 Å². The summed E-state index contributed by atoms with van der Waals surface area (Å²) in [7, 11) is 3.45. The SMILES string of the molecule is COc1c(-c2ccc3c(c2)CCC3(C)N(C)C(=O)OC(C)(C)C)cc(-n2ccc(=O)[nH]c2=O)cc1C(C)(C)C. The van der Waals surface area contributed by atoms with E-state index in [-0.39, 0.29) is 11.5 Å². The first kappa shape index (κ1) is 28.2. The maximum atomic E-state index is 12.9. The molecule has 8 nitrogen and oxygen atoms in total. The first-order valence-electron chi connectivity index (χ1n) is 13.2. The minimum atomic E-state index is -0.576. The largest absolute Gasteiger partial charge is 0.496 e. The average Bonchev–Trinajstić information content (AvgIpc) is 3.18. The van der Waals surface area contributed by atoms with Gasteiger partial charge in [-0.05, 0) is 74.8 Å². The summed E-state index contributed by atoms with van der Waals surface area (Å²) in [5.41, 5.74) is 3.28. The minimum absolute atomic E-state index is 0.284. The average molecular weight is 534 g/mol. The van der Waals surface area contributed by atoms with Gasteiger partial charge in [0.1, 0.15) is 11.4 Å². The molecule has 1 atom stereocenters. The van der Waals surface area contributed by atoms with Crippen molar-refractivity contribution in [3.05, 3.63) is 80.1 Å². The fraction of sp³-hybridized carbons (Fsp3) is 0.452. The quantitative estimate of drug-likeness (QED) is 0.476. The fourth-order valence-electron chi connectivity index (χ4n) is 5.25. The van der Waals surface area contributed by atoms with E-state index in [1.165, 1.54) is 16.8 Å². The molecule has 1 unspecified atom stereocenters. The lowest BCUT2D eigenvalue weighted by molar-refractivity contribution is 0.00742. The molecule has 0 aliphatic heterocycles. The first-order valence-corrected chi connectivity index (χ1v) is 13.2. The number of rotatable bonds is 4. The summed E-state index contributed by atoms with van der Waals surface area (Å²) in [6, 6.07) is 11.4. The molecule has 8 heteroatoms. The van der Waals surface area contributed by atoms with Crippen molar-refractivity contribution in [2.75, 3.05) is 14.2 Å². The number of aromatic amines is 1. The summed E-state index contributed by atoms with van der Waals surface area (Å²) in [5.74, 6) is 0.732. The van der Waals surface area contributed by atoms with Crippen LogP contribution in [0.15, 0.2) is 52.2 Å². The number of carbonyl (C=O) groups is 1. The van der Waals surface area contributed by atoms with Gasteiger partial charge in [-0.3, -0.25) is 14.3 Å². The van der Waals surface area contributed by atoms with Gasteiger partial charge in [0.25, 0.3) is 5.56 Å². The Morgan fingerprint density at radius 1 is 1.05 bits per heavy atom. The number of methoxy groups -OCH3 is 1. The molecule has 0 spiro atoms. The van der Waals surface area contributed by atoms with E-state index in [0.29, 0.717) is 5.69 Å². The molecular formula is C31H39N3O5. The molecular weight excluding hydrogens is 494 g/mol. The Balaban J connectivity index is 1.85. The molecule has 1 N–H and O–H groups in total. The van der Waals surface area contributed by atoms with Crippen molar-refractivity contribution in [2.24, 2.45) is 0 Å². The van der Waals surface area contributed by atoms with E-state index in [0.717, 1.165) is 46.4 Å². The van der Waals surface area contributed by atoms with Gasteiger partial charge < -0.3 is 14.4 Å². The van der Waals surface area contributed by atoms with Gasteiger partial charge in [-0.15, -0.1) is 0 Å². The molecule has 0 fully saturated rings. The highest BCUT2D eigenvalue weighted by atomic mass is 16.6. The van der Waals surface area contributed by atoms with E-state index in [1.54, 1.807) is 19.1 Å². The lowest BCUT2D eigenvalue weighted by atomic mass is 9.83. The van der Waals surface area contributed by atoms with Crippen LogP contribution in [-0.2, 0) is 22.1 Å². The number of nitrogens with zero attached hydrogens (tertiary/aromatic N) is 2. The second kappa shape index (κ2) is 9.74. The maximum Gasteiger partial charge on any atom is 0.410 e. The van der Waals surface area contributed by atoms with Crippen LogP contribution in [0.1, 0.15) is 71.6 Å². The van der Waals surface area contributed by atoms with Crippen molar-refractivity contribution < 1.29 is 14.3 Å². The summed E-state index contributed by atoms with van der Waals surface area (Å²) >= 11 is 0. The molecule has 2 aromatic carbocycles. The van der Waals surface area contributed by atoms with Gasteiger partial charge >= 0.3 is 11.8 Å². The van der Waals surface area contributed by atoms with E-state index >= 15 is 0 Å². The molecule has 1 amide bonds. The lowest BCUT2D eigenvalue weighted by Crippen LogP contribution is -2.45. The zero-order valence-corrected chi connectivity index (χ0v) is 24.4. The van der Waals surface area contributed by atoms with E-state index in [1.807, 2.05) is 39.0 Å². The smallest absolute Gasteiger partial charge is 0.410 e. The summed E-state index contributed by atoms with van der Waals surface area (Å²) in [6.07, 6.45) is 2.72. The minimum Gasteiger partial charge on any atom is -0.496 e. The molecule has 4 rings (SSSR count). The van der Waals surface area contributed by atoms with Crippen molar-refractivity contribution in [2.45, 2.75) is 77.9 Å². The lowest BCUT2D eigenvalue weighted by Gasteiger charge is -2.37. The van der Waals surface area contributed by atoms with Gasteiger partial charge in [-0.1, -0.05) is 39.0 Å². The first-order chi connectivity index (χ1) is 18.0. The number of hydrogen-bond acceptors (Lipinski definition) is 5. The van der Waals surface area contributed by atoms with E-state index in [9.17, 15) is 14.4 Å². The Bertz CT molecular complexity index is 1540. The highest BCUT2D eigenvalue weighted by molar-refractivity contribution is 5.77. The van der Waals surface area contributed by atoms with E-state index < -0.39 is 22.4 Å². The Labute approximate surface area is 229 Å². The molecule has 0 saturated carbocycles. The molecule has 39 heavy (non-hydrogen) atoms. The summed E-state index contributed by atoms with van der Waals surface area (Å²) in [4.78, 5) is 41.3. The second-order valence-corrected chi connectivity index (χ2v) is 12.5. The van der Waals surface area contributed by atoms with E-state index in [2.05, 4.69) is 44.8 Å². The number of aromatic nitrogens is 2. The standard InChI is InChI=1S/C31H39N3O5/c1-29(2,3)24-18-21(34-15-13-25(35)32-27(34)36)17-22(26(24)38-9)19-10-11-23-20(16-19)12-14-31(23,7)33(8)28(37)39-30(4,5)6/h10-11,13,15-18H,12,14H2,1-9H3,(H,32,35,36). The third kappa shape index (κ3) is 5.37. The van der Waals surface area contributed by atoms with Crippen LogP contribution in [0.3, 0.4) is 0 Å². The van der Waals surface area contributed by atoms with E-state index in [4.69, 9.17) is 9.47 Å². The fourth-order valence-corrected chi connectivity index (χ4v) is 5.25. The number of ether oxygens (including phenoxy) is 2. The van der Waals surface area contributed by atoms with Crippen LogP contribution in [0, 0.1) is 0 Å². The molecule has 0 radical (unpaired) electrons. The summed E-state index contributed by atoms with van der Waals surface area (Å²) < 4.78 is 13.0. The van der Waals surface area contributed by atoms with Gasteiger partial charge in [0, 0.05) is 30.4 Å². The molecule has 1 aliphatic carbocycles. The van der Waals surface area contributed by atoms with Gasteiger partial charge in [-0.2, -0.15) is 0 Å². The third-order valence-corrected chi connectivity index (χ3v) is 7.47. The normalized spacial score (nSPS) is 17.1. The van der Waals surface area contributed by atoms with Crippen molar-refractivity contribution in [3.63, 3.8) is 0 Å². The second-order valence-electron chi connectivity index (χ2n) is 12.5. The molecule has 0 saturated heterocycles. The number of aryl methyl sites for hydroxylation is 1. The Kier molecular flexibility index (Phi) is 7.04. The van der Waals surface area contributed by atoms with Crippen LogP contribution in [0.25, 0.3) is 16.8 Å². The molecule has 208 valence electrons.